The zero-order valence-electron chi connectivity index (χ0n) is 12.5. The number of hydrogen-bond donors (Lipinski definition) is 1. The van der Waals surface area contributed by atoms with Crippen LogP contribution in [0.1, 0.15) is 18.1 Å². The van der Waals surface area contributed by atoms with Gasteiger partial charge in [0.1, 0.15) is 0 Å². The van der Waals surface area contributed by atoms with Crippen molar-refractivity contribution in [1.29, 1.82) is 0 Å². The molecule has 1 atom stereocenters. The number of halogens is 5. The molecule has 0 amide bonds. The maximum absolute atomic E-state index is 13.2. The lowest BCUT2D eigenvalue weighted by Gasteiger charge is -2.24. The van der Waals surface area contributed by atoms with Gasteiger partial charge in [0.25, 0.3) is 0 Å². The molecule has 130 valence electrons. The van der Waals surface area contributed by atoms with E-state index < -0.39 is 30.5 Å². The molecule has 3 nitrogen and oxygen atoms in total. The highest BCUT2D eigenvalue weighted by Crippen LogP contribution is 2.20. The number of nitrogens with zero attached hydrogens (tertiary/aromatic N) is 2. The first-order chi connectivity index (χ1) is 10.7. The van der Waals surface area contributed by atoms with Gasteiger partial charge in [-0.05, 0) is 37.2 Å². The van der Waals surface area contributed by atoms with Gasteiger partial charge >= 0.3 is 6.18 Å². The Morgan fingerprint density at radius 3 is 2.30 bits per heavy atom. The summed E-state index contributed by atoms with van der Waals surface area (Å²) < 4.78 is 63.3. The van der Waals surface area contributed by atoms with Crippen LogP contribution in [0, 0.1) is 11.6 Å². The average Bonchev–Trinajstić information content (AvgIpc) is 2.65. The monoisotopic (exact) mass is 338 g/mol. The third-order valence-corrected chi connectivity index (χ3v) is 3.84. The molecule has 1 aliphatic rings. The third-order valence-electron chi connectivity index (χ3n) is 3.84. The second-order valence-electron chi connectivity index (χ2n) is 5.73. The van der Waals surface area contributed by atoms with Gasteiger partial charge in [0.05, 0.1) is 12.6 Å². The van der Waals surface area contributed by atoms with E-state index in [1.807, 2.05) is 4.90 Å². The number of alkyl halides is 3. The quantitative estimate of drug-likeness (QED) is 0.855. The van der Waals surface area contributed by atoms with Crippen molar-refractivity contribution in [2.45, 2.75) is 18.7 Å². The number of β-amino-alcohol motifs (C(OH)–C–C–N with tert-alkyl or cyclic N) is 1. The summed E-state index contributed by atoms with van der Waals surface area (Å²) in [4.78, 5) is 3.17. The number of hydrogen-bond acceptors (Lipinski definition) is 3. The van der Waals surface area contributed by atoms with Gasteiger partial charge in [0, 0.05) is 19.6 Å². The molecule has 0 aromatic heterocycles. The van der Waals surface area contributed by atoms with Crippen LogP contribution in [0.25, 0.3) is 0 Å². The zero-order chi connectivity index (χ0) is 17.0. The van der Waals surface area contributed by atoms with E-state index in [0.717, 1.165) is 12.1 Å². The predicted molar refractivity (Wildman–Crippen MR) is 74.9 cm³/mol. The fourth-order valence-corrected chi connectivity index (χ4v) is 2.69. The normalized spacial score (nSPS) is 19.6. The van der Waals surface area contributed by atoms with Crippen LogP contribution < -0.4 is 0 Å². The summed E-state index contributed by atoms with van der Waals surface area (Å²) in [5, 5.41) is 10.1. The molecule has 0 spiro atoms. The molecule has 1 N–H and O–H groups in total. The highest BCUT2D eigenvalue weighted by molar-refractivity contribution is 5.20. The molecule has 2 rings (SSSR count). The highest BCUT2D eigenvalue weighted by atomic mass is 19.4. The number of benzene rings is 1. The second-order valence-corrected chi connectivity index (χ2v) is 5.73. The fourth-order valence-electron chi connectivity index (χ4n) is 2.69. The van der Waals surface area contributed by atoms with Crippen LogP contribution in [0.2, 0.25) is 0 Å². The van der Waals surface area contributed by atoms with E-state index in [0.29, 0.717) is 26.1 Å². The van der Waals surface area contributed by atoms with Crippen LogP contribution in [0.3, 0.4) is 0 Å². The molecule has 1 saturated heterocycles. The van der Waals surface area contributed by atoms with Crippen molar-refractivity contribution in [3.05, 3.63) is 35.4 Å². The lowest BCUT2D eigenvalue weighted by atomic mass is 10.1. The van der Waals surface area contributed by atoms with Crippen molar-refractivity contribution in [3.8, 4) is 0 Å². The minimum Gasteiger partial charge on any atom is -0.387 e. The molecule has 8 heteroatoms. The molecular weight excluding hydrogens is 319 g/mol. The second kappa shape index (κ2) is 7.55. The van der Waals surface area contributed by atoms with Gasteiger partial charge in [0.2, 0.25) is 0 Å². The zero-order valence-corrected chi connectivity index (χ0v) is 12.5. The van der Waals surface area contributed by atoms with E-state index >= 15 is 0 Å². The highest BCUT2D eigenvalue weighted by Gasteiger charge is 2.31. The average molecular weight is 338 g/mol. The first kappa shape index (κ1) is 18.1. The molecule has 0 radical (unpaired) electrons. The Kier molecular flexibility index (Phi) is 5.94. The summed E-state index contributed by atoms with van der Waals surface area (Å²) in [6, 6.07) is 3.19. The SMILES string of the molecule is OC(CN1CCCN(CC(F)(F)F)CC1)c1ccc(F)c(F)c1. The van der Waals surface area contributed by atoms with Gasteiger partial charge in [-0.2, -0.15) is 13.2 Å². The summed E-state index contributed by atoms with van der Waals surface area (Å²) in [6.45, 7) is 0.769. The van der Waals surface area contributed by atoms with E-state index in [1.165, 1.54) is 11.0 Å². The van der Waals surface area contributed by atoms with Crippen LogP contribution in [0.5, 0.6) is 0 Å². The van der Waals surface area contributed by atoms with Gasteiger partial charge in [-0.15, -0.1) is 0 Å². The number of aliphatic hydroxyl groups is 1. The number of rotatable bonds is 4. The van der Waals surface area contributed by atoms with Crippen LogP contribution in [0.4, 0.5) is 22.0 Å². The van der Waals surface area contributed by atoms with Crippen molar-refractivity contribution in [2.75, 3.05) is 39.3 Å². The summed E-state index contributed by atoms with van der Waals surface area (Å²) in [7, 11) is 0. The lowest BCUT2D eigenvalue weighted by Crippen LogP contribution is -2.37. The smallest absolute Gasteiger partial charge is 0.387 e. The largest absolute Gasteiger partial charge is 0.401 e. The Hall–Kier alpha value is -1.25. The Morgan fingerprint density at radius 1 is 1.00 bits per heavy atom. The Morgan fingerprint density at radius 2 is 1.65 bits per heavy atom. The van der Waals surface area contributed by atoms with E-state index in [-0.39, 0.29) is 18.7 Å². The molecule has 1 aromatic rings. The molecule has 1 heterocycles. The summed E-state index contributed by atoms with van der Waals surface area (Å²) >= 11 is 0. The maximum atomic E-state index is 13.2. The minimum absolute atomic E-state index is 0.172. The van der Waals surface area contributed by atoms with Crippen molar-refractivity contribution < 1.29 is 27.1 Å². The molecule has 1 unspecified atom stereocenters. The fraction of sp³-hybridized carbons (Fsp3) is 0.600. The van der Waals surface area contributed by atoms with E-state index in [9.17, 15) is 27.1 Å². The Labute approximate surface area is 131 Å². The topological polar surface area (TPSA) is 26.7 Å². The first-order valence-corrected chi connectivity index (χ1v) is 7.39. The molecule has 0 bridgehead atoms. The van der Waals surface area contributed by atoms with Gasteiger partial charge in [-0.25, -0.2) is 8.78 Å². The maximum Gasteiger partial charge on any atom is 0.401 e. The third kappa shape index (κ3) is 5.71. The van der Waals surface area contributed by atoms with Crippen molar-refractivity contribution in [3.63, 3.8) is 0 Å². The van der Waals surface area contributed by atoms with Crippen molar-refractivity contribution >= 4 is 0 Å². The molecule has 1 aromatic carbocycles. The van der Waals surface area contributed by atoms with Crippen LogP contribution in [0.15, 0.2) is 18.2 Å². The van der Waals surface area contributed by atoms with Crippen LogP contribution in [-0.2, 0) is 0 Å². The van der Waals surface area contributed by atoms with Gasteiger partial charge in [-0.1, -0.05) is 6.07 Å². The predicted octanol–water partition coefficient (Wildman–Crippen LogP) is 2.57. The standard InChI is InChI=1S/C15H19F5N2O/c16-12-3-2-11(8-13(12)17)14(23)9-21-4-1-5-22(7-6-21)10-15(18,19)20/h2-3,8,14,23H,1,4-7,9-10H2. The molecule has 1 fully saturated rings. The molecule has 1 aliphatic heterocycles. The van der Waals surface area contributed by atoms with E-state index in [1.54, 1.807) is 0 Å². The van der Waals surface area contributed by atoms with Crippen LogP contribution >= 0.6 is 0 Å². The Balaban J connectivity index is 1.89. The lowest BCUT2D eigenvalue weighted by molar-refractivity contribution is -0.145. The first-order valence-electron chi connectivity index (χ1n) is 7.39. The van der Waals surface area contributed by atoms with Gasteiger partial charge < -0.3 is 5.11 Å². The summed E-state index contributed by atoms with van der Waals surface area (Å²) in [5.74, 6) is -2.02. The van der Waals surface area contributed by atoms with Crippen LogP contribution in [-0.4, -0.2) is 60.4 Å². The molecular formula is C15H19F5N2O. The molecule has 0 aliphatic carbocycles. The Bertz CT molecular complexity index is 523. The van der Waals surface area contributed by atoms with E-state index in [4.69, 9.17) is 0 Å². The summed E-state index contributed by atoms with van der Waals surface area (Å²) in [5.41, 5.74) is 0.250. The van der Waals surface area contributed by atoms with Crippen molar-refractivity contribution in [1.82, 2.24) is 9.80 Å². The van der Waals surface area contributed by atoms with Gasteiger partial charge in [-0.3, -0.25) is 9.80 Å². The molecule has 23 heavy (non-hydrogen) atoms. The number of aliphatic hydroxyl groups excluding tert-OH is 1. The summed E-state index contributed by atoms with van der Waals surface area (Å²) in [6.07, 6.45) is -4.68. The van der Waals surface area contributed by atoms with Gasteiger partial charge in [0.15, 0.2) is 11.6 Å². The van der Waals surface area contributed by atoms with E-state index in [2.05, 4.69) is 0 Å². The van der Waals surface area contributed by atoms with Crippen molar-refractivity contribution in [2.24, 2.45) is 0 Å². The molecule has 0 saturated carbocycles. The minimum atomic E-state index is -4.22.